The maximum Gasteiger partial charge on any atom is 0.331 e. The fourth-order valence-corrected chi connectivity index (χ4v) is 7.55. The standard InChI is InChI=1S/C30H42O5/c1-7-8-9-10-11-12-13-14-23(31)35-27-19(3)17-29-20(4)16-22-24(28(22,5)6)21(26(29)33)15-18(2)25(32)30(27,29)34/h11-15,17,20-22,24-25,27,32,34H,7-10,16H2,1-6H3/b12-11-,14-13+/t20-,21?,22-,24+,25-,27+,29?,30+/m1/s1. The molecule has 35 heavy (non-hydrogen) atoms. The number of ether oxygens (including phenoxy) is 1. The molecule has 0 heterocycles. The predicted octanol–water partition coefficient (Wildman–Crippen LogP) is 5.09. The molecule has 4 aliphatic rings. The molecule has 2 fully saturated rings. The van der Waals surface area contributed by atoms with E-state index in [0.29, 0.717) is 17.1 Å². The lowest BCUT2D eigenvalue weighted by molar-refractivity contribution is -0.200. The van der Waals surface area contributed by atoms with E-state index in [-0.39, 0.29) is 29.0 Å². The summed E-state index contributed by atoms with van der Waals surface area (Å²) in [5.41, 5.74) is -2.00. The molecule has 0 aromatic rings. The van der Waals surface area contributed by atoms with E-state index in [0.717, 1.165) is 25.7 Å². The Morgan fingerprint density at radius 3 is 2.60 bits per heavy atom. The number of ketones is 1. The number of aliphatic hydroxyl groups excluding tert-OH is 1. The van der Waals surface area contributed by atoms with Gasteiger partial charge in [0.05, 0.1) is 5.41 Å². The highest BCUT2D eigenvalue weighted by atomic mass is 16.6. The Balaban J connectivity index is 1.63. The third-order valence-electron chi connectivity index (χ3n) is 9.53. The summed E-state index contributed by atoms with van der Waals surface area (Å²) < 4.78 is 5.80. The largest absolute Gasteiger partial charge is 0.451 e. The molecule has 0 aliphatic heterocycles. The molecule has 4 aliphatic carbocycles. The van der Waals surface area contributed by atoms with E-state index < -0.39 is 29.2 Å². The maximum absolute atomic E-state index is 14.3. The van der Waals surface area contributed by atoms with E-state index in [4.69, 9.17) is 4.74 Å². The van der Waals surface area contributed by atoms with E-state index in [1.54, 1.807) is 19.9 Å². The number of aliphatic hydroxyl groups is 2. The van der Waals surface area contributed by atoms with Crippen molar-refractivity contribution < 1.29 is 24.5 Å². The van der Waals surface area contributed by atoms with Gasteiger partial charge in [0, 0.05) is 12.0 Å². The molecule has 2 saturated carbocycles. The number of unbranched alkanes of at least 4 members (excludes halogenated alkanes) is 3. The van der Waals surface area contributed by atoms with Crippen molar-refractivity contribution in [2.75, 3.05) is 0 Å². The molecule has 2 bridgehead atoms. The zero-order chi connectivity index (χ0) is 25.8. The number of hydrogen-bond acceptors (Lipinski definition) is 5. The van der Waals surface area contributed by atoms with Crippen LogP contribution in [0.15, 0.2) is 47.6 Å². The van der Waals surface area contributed by atoms with Gasteiger partial charge in [-0.2, -0.15) is 0 Å². The molecule has 1 spiro atoms. The lowest BCUT2D eigenvalue weighted by atomic mass is 9.59. The second-order valence-electron chi connectivity index (χ2n) is 12.0. The van der Waals surface area contributed by atoms with Gasteiger partial charge in [-0.1, -0.05) is 70.9 Å². The average Bonchev–Trinajstić information content (AvgIpc) is 3.29. The number of esters is 1. The molecule has 0 saturated heterocycles. The Kier molecular flexibility index (Phi) is 6.82. The molecule has 2 unspecified atom stereocenters. The zero-order valence-electron chi connectivity index (χ0n) is 22.1. The third-order valence-corrected chi connectivity index (χ3v) is 9.53. The van der Waals surface area contributed by atoms with Gasteiger partial charge in [0.1, 0.15) is 6.10 Å². The molecule has 0 amide bonds. The van der Waals surface area contributed by atoms with Crippen LogP contribution < -0.4 is 0 Å². The number of carbonyl (C=O) groups is 2. The number of carbonyl (C=O) groups excluding carboxylic acids is 2. The Morgan fingerprint density at radius 1 is 1.20 bits per heavy atom. The summed E-state index contributed by atoms with van der Waals surface area (Å²) in [4.78, 5) is 27.0. The van der Waals surface area contributed by atoms with Crippen LogP contribution in [0.1, 0.15) is 73.6 Å². The predicted molar refractivity (Wildman–Crippen MR) is 136 cm³/mol. The van der Waals surface area contributed by atoms with Crippen molar-refractivity contribution in [3.05, 3.63) is 47.6 Å². The van der Waals surface area contributed by atoms with Crippen LogP contribution in [0, 0.1) is 34.5 Å². The second-order valence-corrected chi connectivity index (χ2v) is 12.0. The minimum Gasteiger partial charge on any atom is -0.451 e. The van der Waals surface area contributed by atoms with Gasteiger partial charge in [-0.3, -0.25) is 4.79 Å². The summed E-state index contributed by atoms with van der Waals surface area (Å²) >= 11 is 0. The van der Waals surface area contributed by atoms with E-state index in [1.807, 2.05) is 31.2 Å². The van der Waals surface area contributed by atoms with Crippen LogP contribution in [0.3, 0.4) is 0 Å². The highest BCUT2D eigenvalue weighted by molar-refractivity contribution is 5.95. The van der Waals surface area contributed by atoms with Crippen LogP contribution >= 0.6 is 0 Å². The van der Waals surface area contributed by atoms with Crippen molar-refractivity contribution in [3.8, 4) is 0 Å². The summed E-state index contributed by atoms with van der Waals surface area (Å²) in [5, 5.41) is 23.8. The Hall–Kier alpha value is -1.98. The summed E-state index contributed by atoms with van der Waals surface area (Å²) in [5.74, 6) is -0.627. The minimum absolute atomic E-state index is 0.0510. The molecular weight excluding hydrogens is 440 g/mol. The topological polar surface area (TPSA) is 83.8 Å². The van der Waals surface area contributed by atoms with Gasteiger partial charge < -0.3 is 14.9 Å². The van der Waals surface area contributed by atoms with Crippen molar-refractivity contribution in [2.45, 2.75) is 91.5 Å². The quantitative estimate of drug-likeness (QED) is 0.174. The molecule has 5 heteroatoms. The van der Waals surface area contributed by atoms with Crippen molar-refractivity contribution in [1.82, 2.24) is 0 Å². The molecule has 2 N–H and O–H groups in total. The second kappa shape index (κ2) is 9.15. The van der Waals surface area contributed by atoms with Crippen LogP contribution in [-0.4, -0.2) is 39.8 Å². The molecule has 4 rings (SSSR count). The summed E-state index contributed by atoms with van der Waals surface area (Å²) in [6.45, 7) is 12.1. The fraction of sp³-hybridized carbons (Fsp3) is 0.667. The monoisotopic (exact) mass is 482 g/mol. The summed E-state index contributed by atoms with van der Waals surface area (Å²) in [7, 11) is 0. The SMILES string of the molecule is CCCCC/C=C\C=C\C(=O)O[C@H]1C(C)=CC23C(=O)C(C=C(C)[C@@H](O)[C@]12O)[C@H]1[C@@H](C[C@H]3C)C1(C)C. The van der Waals surface area contributed by atoms with Crippen molar-refractivity contribution >= 4 is 11.8 Å². The van der Waals surface area contributed by atoms with E-state index in [1.165, 1.54) is 12.5 Å². The molecule has 8 atom stereocenters. The van der Waals surface area contributed by atoms with E-state index in [2.05, 4.69) is 20.8 Å². The smallest absolute Gasteiger partial charge is 0.331 e. The Labute approximate surface area is 210 Å². The van der Waals surface area contributed by atoms with Crippen LogP contribution in [0.25, 0.3) is 0 Å². The number of rotatable bonds is 7. The summed E-state index contributed by atoms with van der Waals surface area (Å²) in [6, 6.07) is 0. The highest BCUT2D eigenvalue weighted by Gasteiger charge is 2.76. The first-order valence-corrected chi connectivity index (χ1v) is 13.3. The van der Waals surface area contributed by atoms with Crippen LogP contribution in [0.2, 0.25) is 0 Å². The van der Waals surface area contributed by atoms with Crippen molar-refractivity contribution in [1.29, 1.82) is 0 Å². The lowest BCUT2D eigenvalue weighted by Gasteiger charge is -2.48. The van der Waals surface area contributed by atoms with Gasteiger partial charge in [0.25, 0.3) is 0 Å². The van der Waals surface area contributed by atoms with Gasteiger partial charge in [-0.15, -0.1) is 0 Å². The molecule has 0 aromatic carbocycles. The minimum atomic E-state index is -1.94. The first-order valence-electron chi connectivity index (χ1n) is 13.3. The van der Waals surface area contributed by atoms with Gasteiger partial charge in [0.2, 0.25) is 0 Å². The highest BCUT2D eigenvalue weighted by Crippen LogP contribution is 2.71. The zero-order valence-corrected chi connectivity index (χ0v) is 22.1. The third kappa shape index (κ3) is 3.81. The van der Waals surface area contributed by atoms with Crippen LogP contribution in [-0.2, 0) is 14.3 Å². The molecule has 0 aromatic heterocycles. The number of allylic oxidation sites excluding steroid dienone is 4. The first-order chi connectivity index (χ1) is 16.4. The van der Waals surface area contributed by atoms with Gasteiger partial charge in [-0.25, -0.2) is 4.79 Å². The molecular formula is C30H42O5. The van der Waals surface area contributed by atoms with Gasteiger partial charge >= 0.3 is 5.97 Å². The van der Waals surface area contributed by atoms with Crippen molar-refractivity contribution in [2.24, 2.45) is 34.5 Å². The van der Waals surface area contributed by atoms with Crippen LogP contribution in [0.5, 0.6) is 0 Å². The average molecular weight is 483 g/mol. The van der Waals surface area contributed by atoms with Crippen molar-refractivity contribution in [3.63, 3.8) is 0 Å². The normalized spacial score (nSPS) is 41.7. The first kappa shape index (κ1) is 26.1. The number of Topliss-reactive ketones (excluding diaryl/α,β-unsaturated/α-hetero) is 1. The van der Waals surface area contributed by atoms with Gasteiger partial charge in [-0.05, 0) is 67.4 Å². The molecule has 0 radical (unpaired) electrons. The lowest BCUT2D eigenvalue weighted by Crippen LogP contribution is -2.65. The maximum atomic E-state index is 14.3. The summed E-state index contributed by atoms with van der Waals surface area (Å²) in [6.07, 6.45) is 13.3. The molecule has 192 valence electrons. The van der Waals surface area contributed by atoms with Gasteiger partial charge in [0.15, 0.2) is 17.5 Å². The number of fused-ring (bicyclic) bond motifs is 3. The Morgan fingerprint density at radius 2 is 1.91 bits per heavy atom. The fourth-order valence-electron chi connectivity index (χ4n) is 7.55. The Bertz CT molecular complexity index is 1000. The van der Waals surface area contributed by atoms with Crippen LogP contribution in [0.4, 0.5) is 0 Å². The van der Waals surface area contributed by atoms with E-state index in [9.17, 15) is 19.8 Å². The van der Waals surface area contributed by atoms with E-state index >= 15 is 0 Å². The molecule has 5 nitrogen and oxygen atoms in total. The number of hydrogen-bond donors (Lipinski definition) is 2.